The standard InChI is InChI=1S/C15H30N2O2/c1-2-15-13(6-11-19-15)12-17-7-3-10-18-14-4-8-16-9-5-14/h13-17H,2-12H2,1H3. The third kappa shape index (κ3) is 5.38. The van der Waals surface area contributed by atoms with E-state index in [1.54, 1.807) is 0 Å². The Morgan fingerprint density at radius 1 is 1.26 bits per heavy atom. The van der Waals surface area contributed by atoms with E-state index in [4.69, 9.17) is 9.47 Å². The molecule has 2 atom stereocenters. The van der Waals surface area contributed by atoms with Gasteiger partial charge in [-0.05, 0) is 57.7 Å². The highest BCUT2D eigenvalue weighted by Gasteiger charge is 2.25. The minimum absolute atomic E-state index is 0.485. The van der Waals surface area contributed by atoms with Crippen LogP contribution < -0.4 is 10.6 Å². The van der Waals surface area contributed by atoms with Crippen LogP contribution >= 0.6 is 0 Å². The Bertz CT molecular complexity index is 232. The zero-order chi connectivity index (χ0) is 13.3. The monoisotopic (exact) mass is 270 g/mol. The van der Waals surface area contributed by atoms with Gasteiger partial charge in [0.05, 0.1) is 12.2 Å². The SMILES string of the molecule is CCC1OCCC1CNCCCOC1CCNCC1. The van der Waals surface area contributed by atoms with E-state index in [-0.39, 0.29) is 0 Å². The fraction of sp³-hybridized carbons (Fsp3) is 1.00. The van der Waals surface area contributed by atoms with E-state index >= 15 is 0 Å². The minimum atomic E-state index is 0.485. The third-order valence-corrected chi connectivity index (χ3v) is 4.29. The van der Waals surface area contributed by atoms with E-state index in [2.05, 4.69) is 17.6 Å². The van der Waals surface area contributed by atoms with Gasteiger partial charge in [-0.25, -0.2) is 0 Å². The Hall–Kier alpha value is -0.160. The lowest BCUT2D eigenvalue weighted by atomic mass is 10.00. The quantitative estimate of drug-likeness (QED) is 0.657. The van der Waals surface area contributed by atoms with Crippen LogP contribution in [-0.2, 0) is 9.47 Å². The second-order valence-electron chi connectivity index (χ2n) is 5.74. The first-order valence-electron chi connectivity index (χ1n) is 8.04. The van der Waals surface area contributed by atoms with E-state index in [0.29, 0.717) is 12.2 Å². The molecule has 0 aromatic heterocycles. The van der Waals surface area contributed by atoms with Crippen molar-refractivity contribution in [2.75, 3.05) is 39.4 Å². The molecule has 0 aromatic rings. The number of ether oxygens (including phenoxy) is 2. The topological polar surface area (TPSA) is 42.5 Å². The Morgan fingerprint density at radius 3 is 2.89 bits per heavy atom. The fourth-order valence-electron chi connectivity index (χ4n) is 3.07. The maximum Gasteiger partial charge on any atom is 0.0613 e. The molecule has 0 saturated carbocycles. The lowest BCUT2D eigenvalue weighted by molar-refractivity contribution is 0.0315. The largest absolute Gasteiger partial charge is 0.378 e. The van der Waals surface area contributed by atoms with Crippen LogP contribution in [0.4, 0.5) is 0 Å². The van der Waals surface area contributed by atoms with Crippen LogP contribution in [0.15, 0.2) is 0 Å². The van der Waals surface area contributed by atoms with E-state index in [0.717, 1.165) is 58.2 Å². The summed E-state index contributed by atoms with van der Waals surface area (Å²) in [7, 11) is 0. The Kier molecular flexibility index (Phi) is 7.14. The van der Waals surface area contributed by atoms with Gasteiger partial charge in [0.25, 0.3) is 0 Å². The lowest BCUT2D eigenvalue weighted by Crippen LogP contribution is -2.33. The average Bonchev–Trinajstić information content (AvgIpc) is 2.91. The molecule has 0 aliphatic carbocycles. The summed E-state index contributed by atoms with van der Waals surface area (Å²) >= 11 is 0. The van der Waals surface area contributed by atoms with E-state index in [9.17, 15) is 0 Å². The fourth-order valence-corrected chi connectivity index (χ4v) is 3.07. The van der Waals surface area contributed by atoms with Crippen LogP contribution in [0.3, 0.4) is 0 Å². The van der Waals surface area contributed by atoms with Crippen LogP contribution in [0, 0.1) is 5.92 Å². The van der Waals surface area contributed by atoms with Gasteiger partial charge in [0.15, 0.2) is 0 Å². The third-order valence-electron chi connectivity index (χ3n) is 4.29. The highest BCUT2D eigenvalue weighted by atomic mass is 16.5. The van der Waals surface area contributed by atoms with E-state index < -0.39 is 0 Å². The zero-order valence-electron chi connectivity index (χ0n) is 12.3. The van der Waals surface area contributed by atoms with Gasteiger partial charge in [-0.2, -0.15) is 0 Å². The van der Waals surface area contributed by atoms with Crippen molar-refractivity contribution in [3.05, 3.63) is 0 Å². The second kappa shape index (κ2) is 8.90. The van der Waals surface area contributed by atoms with Gasteiger partial charge in [0, 0.05) is 19.8 Å². The lowest BCUT2D eigenvalue weighted by Gasteiger charge is -2.23. The average molecular weight is 270 g/mol. The maximum absolute atomic E-state index is 5.89. The van der Waals surface area contributed by atoms with Crippen LogP contribution in [0.5, 0.6) is 0 Å². The van der Waals surface area contributed by atoms with Gasteiger partial charge in [-0.3, -0.25) is 0 Å². The van der Waals surface area contributed by atoms with Crippen molar-refractivity contribution >= 4 is 0 Å². The molecule has 2 saturated heterocycles. The molecule has 0 amide bonds. The first-order chi connectivity index (χ1) is 9.40. The van der Waals surface area contributed by atoms with Gasteiger partial charge in [0.2, 0.25) is 0 Å². The molecule has 2 heterocycles. The van der Waals surface area contributed by atoms with Crippen molar-refractivity contribution in [2.45, 2.75) is 51.2 Å². The number of nitrogens with one attached hydrogen (secondary N) is 2. The summed E-state index contributed by atoms with van der Waals surface area (Å²) in [6, 6.07) is 0. The molecule has 4 heteroatoms. The van der Waals surface area contributed by atoms with Crippen molar-refractivity contribution in [1.82, 2.24) is 10.6 Å². The van der Waals surface area contributed by atoms with E-state index in [1.165, 1.54) is 19.3 Å². The predicted molar refractivity (Wildman–Crippen MR) is 77.5 cm³/mol. The predicted octanol–water partition coefficient (Wildman–Crippen LogP) is 1.55. The Balaban J connectivity index is 1.43. The summed E-state index contributed by atoms with van der Waals surface area (Å²) in [5, 5.41) is 6.92. The normalized spacial score (nSPS) is 28.9. The van der Waals surface area contributed by atoms with Gasteiger partial charge >= 0.3 is 0 Å². The highest BCUT2D eigenvalue weighted by molar-refractivity contribution is 4.76. The molecular formula is C15H30N2O2. The van der Waals surface area contributed by atoms with Crippen LogP contribution in [0.1, 0.15) is 39.0 Å². The molecule has 2 N–H and O–H groups in total. The van der Waals surface area contributed by atoms with Crippen molar-refractivity contribution in [2.24, 2.45) is 5.92 Å². The van der Waals surface area contributed by atoms with Crippen LogP contribution in [0.2, 0.25) is 0 Å². The van der Waals surface area contributed by atoms with E-state index in [1.807, 2.05) is 0 Å². The first-order valence-corrected chi connectivity index (χ1v) is 8.04. The number of piperidine rings is 1. The molecule has 4 nitrogen and oxygen atoms in total. The van der Waals surface area contributed by atoms with Gasteiger partial charge in [-0.1, -0.05) is 6.92 Å². The molecule has 112 valence electrons. The first kappa shape index (κ1) is 15.2. The molecule has 0 radical (unpaired) electrons. The molecule has 0 spiro atoms. The summed E-state index contributed by atoms with van der Waals surface area (Å²) in [6.07, 6.45) is 6.81. The summed E-state index contributed by atoms with van der Waals surface area (Å²) < 4.78 is 11.6. The Morgan fingerprint density at radius 2 is 2.11 bits per heavy atom. The summed E-state index contributed by atoms with van der Waals surface area (Å²) in [4.78, 5) is 0. The van der Waals surface area contributed by atoms with Crippen molar-refractivity contribution in [1.29, 1.82) is 0 Å². The van der Waals surface area contributed by atoms with Gasteiger partial charge in [-0.15, -0.1) is 0 Å². The summed E-state index contributed by atoms with van der Waals surface area (Å²) in [5.41, 5.74) is 0. The Labute approximate surface area is 117 Å². The molecule has 2 rings (SSSR count). The van der Waals surface area contributed by atoms with Gasteiger partial charge < -0.3 is 20.1 Å². The second-order valence-corrected chi connectivity index (χ2v) is 5.74. The highest BCUT2D eigenvalue weighted by Crippen LogP contribution is 2.22. The smallest absolute Gasteiger partial charge is 0.0613 e. The maximum atomic E-state index is 5.89. The number of rotatable bonds is 8. The molecule has 2 aliphatic heterocycles. The van der Waals surface area contributed by atoms with Crippen LogP contribution in [-0.4, -0.2) is 51.6 Å². The van der Waals surface area contributed by atoms with Crippen molar-refractivity contribution < 1.29 is 9.47 Å². The van der Waals surface area contributed by atoms with Gasteiger partial charge in [0.1, 0.15) is 0 Å². The number of hydrogen-bond donors (Lipinski definition) is 2. The zero-order valence-corrected chi connectivity index (χ0v) is 12.3. The number of hydrogen-bond acceptors (Lipinski definition) is 4. The molecular weight excluding hydrogens is 240 g/mol. The molecule has 0 bridgehead atoms. The molecule has 2 aliphatic rings. The van der Waals surface area contributed by atoms with Crippen molar-refractivity contribution in [3.63, 3.8) is 0 Å². The molecule has 2 unspecified atom stereocenters. The van der Waals surface area contributed by atoms with Crippen LogP contribution in [0.25, 0.3) is 0 Å². The summed E-state index contributed by atoms with van der Waals surface area (Å²) in [5.74, 6) is 0.718. The molecule has 19 heavy (non-hydrogen) atoms. The molecule has 0 aromatic carbocycles. The summed E-state index contributed by atoms with van der Waals surface area (Å²) in [6.45, 7) is 8.46. The van der Waals surface area contributed by atoms with Crippen molar-refractivity contribution in [3.8, 4) is 0 Å². The molecule has 2 fully saturated rings. The minimum Gasteiger partial charge on any atom is -0.378 e.